The van der Waals surface area contributed by atoms with E-state index >= 15 is 0 Å². The number of sulfonamides is 1. The first-order valence-corrected chi connectivity index (χ1v) is 11.8. The van der Waals surface area contributed by atoms with E-state index in [0.29, 0.717) is 25.3 Å². The summed E-state index contributed by atoms with van der Waals surface area (Å²) >= 11 is 6.14. The van der Waals surface area contributed by atoms with Crippen molar-refractivity contribution in [3.8, 4) is 5.75 Å². The molecule has 1 fully saturated rings. The average molecular weight is 449 g/mol. The van der Waals surface area contributed by atoms with E-state index in [1.54, 1.807) is 12.3 Å². The predicted octanol–water partition coefficient (Wildman–Crippen LogP) is 3.93. The second kappa shape index (κ2) is 8.17. The lowest BCUT2D eigenvalue weighted by Crippen LogP contribution is -2.29. The molecule has 7 nitrogen and oxygen atoms in total. The highest BCUT2D eigenvalue weighted by atomic mass is 35.5. The van der Waals surface area contributed by atoms with Crippen LogP contribution >= 0.6 is 11.6 Å². The van der Waals surface area contributed by atoms with Gasteiger partial charge in [-0.3, -0.25) is 0 Å². The second-order valence-electron chi connectivity index (χ2n) is 7.86. The molecule has 0 N–H and O–H groups in total. The smallest absolute Gasteiger partial charge is 0.243 e. The molecule has 1 aliphatic rings. The second-order valence-corrected chi connectivity index (χ2v) is 10.2. The fourth-order valence-electron chi connectivity index (χ4n) is 4.06. The Morgan fingerprint density at radius 3 is 2.80 bits per heavy atom. The van der Waals surface area contributed by atoms with Crippen molar-refractivity contribution in [2.45, 2.75) is 37.6 Å². The Bertz CT molecular complexity index is 1180. The van der Waals surface area contributed by atoms with Crippen molar-refractivity contribution < 1.29 is 13.2 Å². The van der Waals surface area contributed by atoms with Crippen molar-refractivity contribution in [1.29, 1.82) is 0 Å². The molecule has 0 bridgehead atoms. The maximum absolute atomic E-state index is 13.1. The summed E-state index contributed by atoms with van der Waals surface area (Å²) < 4.78 is 35.0. The number of halogens is 1. The molecule has 1 aliphatic heterocycles. The van der Waals surface area contributed by atoms with Crippen LogP contribution in [0, 0.1) is 5.92 Å². The van der Waals surface area contributed by atoms with Gasteiger partial charge in [-0.1, -0.05) is 11.6 Å². The predicted molar refractivity (Wildman–Crippen MR) is 116 cm³/mol. The molecule has 160 valence electrons. The lowest BCUT2D eigenvalue weighted by atomic mass is 10.0. The number of methoxy groups -OCH3 is 1. The summed E-state index contributed by atoms with van der Waals surface area (Å²) in [4.78, 5) is 9.45. The number of hydrogen-bond donors (Lipinski definition) is 0. The number of aromatic nitrogens is 3. The van der Waals surface area contributed by atoms with Gasteiger partial charge in [-0.15, -0.1) is 0 Å². The van der Waals surface area contributed by atoms with Crippen LogP contribution in [0.15, 0.2) is 41.4 Å². The molecule has 3 heterocycles. The third-order valence-corrected chi connectivity index (χ3v) is 7.68. The normalized spacial score (nSPS) is 17.8. The van der Waals surface area contributed by atoms with Crippen LogP contribution in [-0.4, -0.2) is 47.5 Å². The highest BCUT2D eigenvalue weighted by molar-refractivity contribution is 7.89. The van der Waals surface area contributed by atoms with Crippen molar-refractivity contribution in [2.75, 3.05) is 20.2 Å². The van der Waals surface area contributed by atoms with E-state index in [9.17, 15) is 8.42 Å². The molecular formula is C21H25ClN4O3S. The number of nitrogens with zero attached hydrogens (tertiary/aromatic N) is 4. The van der Waals surface area contributed by atoms with Gasteiger partial charge in [0.15, 0.2) is 5.65 Å². The summed E-state index contributed by atoms with van der Waals surface area (Å²) in [7, 11) is -2.11. The number of pyridine rings is 1. The van der Waals surface area contributed by atoms with Gasteiger partial charge in [0.1, 0.15) is 17.1 Å². The van der Waals surface area contributed by atoms with E-state index < -0.39 is 10.0 Å². The number of fused-ring (bicyclic) bond motifs is 1. The minimum atomic E-state index is -3.61. The zero-order valence-electron chi connectivity index (χ0n) is 17.2. The van der Waals surface area contributed by atoms with E-state index in [0.717, 1.165) is 23.4 Å². The summed E-state index contributed by atoms with van der Waals surface area (Å²) in [5.41, 5.74) is 1.74. The van der Waals surface area contributed by atoms with E-state index in [1.807, 2.05) is 12.1 Å². The molecule has 0 unspecified atom stereocenters. The fraction of sp³-hybridized carbons (Fsp3) is 0.429. The molecule has 1 atom stereocenters. The number of ether oxygens (including phenoxy) is 1. The molecular weight excluding hydrogens is 424 g/mol. The first-order valence-electron chi connectivity index (χ1n) is 9.96. The average Bonchev–Trinajstić information content (AvgIpc) is 3.32. The van der Waals surface area contributed by atoms with Gasteiger partial charge in [-0.25, -0.2) is 18.4 Å². The highest BCUT2D eigenvalue weighted by Gasteiger charge is 2.34. The minimum absolute atomic E-state index is 0.188. The molecule has 1 aromatic carbocycles. The van der Waals surface area contributed by atoms with Crippen LogP contribution in [0.5, 0.6) is 5.75 Å². The Morgan fingerprint density at radius 1 is 1.30 bits per heavy atom. The monoisotopic (exact) mass is 448 g/mol. The van der Waals surface area contributed by atoms with Crippen LogP contribution in [0.2, 0.25) is 5.02 Å². The summed E-state index contributed by atoms with van der Waals surface area (Å²) in [6, 6.07) is 8.64. The first kappa shape index (κ1) is 21.1. The van der Waals surface area contributed by atoms with E-state index in [2.05, 4.69) is 23.4 Å². The van der Waals surface area contributed by atoms with Gasteiger partial charge in [-0.05, 0) is 56.5 Å². The van der Waals surface area contributed by atoms with Gasteiger partial charge in [0.25, 0.3) is 0 Å². The maximum Gasteiger partial charge on any atom is 0.243 e. The van der Waals surface area contributed by atoms with Gasteiger partial charge in [0, 0.05) is 31.7 Å². The zero-order chi connectivity index (χ0) is 21.5. The molecule has 0 radical (unpaired) electrons. The van der Waals surface area contributed by atoms with Crippen molar-refractivity contribution in [3.63, 3.8) is 0 Å². The summed E-state index contributed by atoms with van der Waals surface area (Å²) in [5.74, 6) is 1.61. The summed E-state index contributed by atoms with van der Waals surface area (Å²) in [6.45, 7) is 5.16. The van der Waals surface area contributed by atoms with Crippen LogP contribution in [0.1, 0.15) is 32.1 Å². The minimum Gasteiger partial charge on any atom is -0.495 e. The summed E-state index contributed by atoms with van der Waals surface area (Å²) in [6.07, 6.45) is 3.28. The molecule has 9 heteroatoms. The zero-order valence-corrected chi connectivity index (χ0v) is 18.8. The number of rotatable bonds is 6. The summed E-state index contributed by atoms with van der Waals surface area (Å²) in [5, 5.41) is 0.285. The molecule has 4 rings (SSSR count). The molecule has 0 spiro atoms. The third-order valence-electron chi connectivity index (χ3n) is 5.52. The quantitative estimate of drug-likeness (QED) is 0.571. The van der Waals surface area contributed by atoms with Crippen molar-refractivity contribution in [2.24, 2.45) is 5.92 Å². The number of imidazole rings is 1. The van der Waals surface area contributed by atoms with E-state index in [-0.39, 0.29) is 21.9 Å². The fourth-order valence-corrected chi connectivity index (χ4v) is 5.94. The molecule has 2 aromatic heterocycles. The number of benzene rings is 1. The molecule has 30 heavy (non-hydrogen) atoms. The molecule has 0 aliphatic carbocycles. The van der Waals surface area contributed by atoms with Crippen molar-refractivity contribution in [3.05, 3.63) is 47.4 Å². The molecule has 1 saturated heterocycles. The molecule has 3 aromatic rings. The van der Waals surface area contributed by atoms with Gasteiger partial charge in [-0.2, -0.15) is 4.31 Å². The van der Waals surface area contributed by atoms with Gasteiger partial charge < -0.3 is 9.30 Å². The maximum atomic E-state index is 13.1. The van der Waals surface area contributed by atoms with Crippen LogP contribution in [-0.2, 0) is 16.4 Å². The Kier molecular flexibility index (Phi) is 5.74. The van der Waals surface area contributed by atoms with Crippen LogP contribution in [0.4, 0.5) is 0 Å². The standard InChI is InChI=1S/C21H25ClN4O3S/c1-14(2)26-20(24-18-5-4-9-23-21(18)26)11-15-8-10-25(13-15)30(27,28)16-6-7-19(29-3)17(22)12-16/h4-7,9,12,14-15H,8,10-11,13H2,1-3H3/t15-/m0/s1. The lowest BCUT2D eigenvalue weighted by Gasteiger charge is -2.18. The van der Waals surface area contributed by atoms with Crippen LogP contribution < -0.4 is 4.74 Å². The highest BCUT2D eigenvalue weighted by Crippen LogP contribution is 2.32. The molecule has 0 saturated carbocycles. The lowest BCUT2D eigenvalue weighted by molar-refractivity contribution is 0.414. The van der Waals surface area contributed by atoms with Crippen molar-refractivity contribution >= 4 is 32.8 Å². The Labute approximate surface area is 181 Å². The molecule has 0 amide bonds. The van der Waals surface area contributed by atoms with Crippen molar-refractivity contribution in [1.82, 2.24) is 18.8 Å². The third kappa shape index (κ3) is 3.79. The largest absolute Gasteiger partial charge is 0.495 e. The van der Waals surface area contributed by atoms with Gasteiger partial charge in [0.2, 0.25) is 10.0 Å². The topological polar surface area (TPSA) is 77.3 Å². The Balaban J connectivity index is 1.55. The number of hydrogen-bond acceptors (Lipinski definition) is 5. The van der Waals surface area contributed by atoms with Crippen LogP contribution in [0.25, 0.3) is 11.2 Å². The Morgan fingerprint density at radius 2 is 2.10 bits per heavy atom. The van der Waals surface area contributed by atoms with E-state index in [4.69, 9.17) is 21.3 Å². The first-order chi connectivity index (χ1) is 14.3. The van der Waals surface area contributed by atoms with Crippen LogP contribution in [0.3, 0.4) is 0 Å². The van der Waals surface area contributed by atoms with Gasteiger partial charge >= 0.3 is 0 Å². The van der Waals surface area contributed by atoms with Gasteiger partial charge in [0.05, 0.1) is 17.0 Å². The SMILES string of the molecule is COc1ccc(S(=O)(=O)N2CC[C@@H](Cc3nc4cccnc4n3C(C)C)C2)cc1Cl. The Hall–Kier alpha value is -2.16. The van der Waals surface area contributed by atoms with E-state index in [1.165, 1.54) is 23.5 Å².